The summed E-state index contributed by atoms with van der Waals surface area (Å²) in [7, 11) is -3.85. The van der Waals surface area contributed by atoms with Gasteiger partial charge in [0.05, 0.1) is 4.90 Å². The van der Waals surface area contributed by atoms with Crippen molar-refractivity contribution < 1.29 is 27.1 Å². The van der Waals surface area contributed by atoms with E-state index in [1.54, 1.807) is 31.2 Å². The Morgan fingerprint density at radius 2 is 1.87 bits per heavy atom. The molecule has 1 fully saturated rings. The number of carbonyl (C=O) groups excluding carboxylic acids is 2. The maximum atomic E-state index is 13.6. The molecule has 2 aromatic carbocycles. The van der Waals surface area contributed by atoms with E-state index in [4.69, 9.17) is 4.74 Å². The van der Waals surface area contributed by atoms with E-state index in [2.05, 4.69) is 5.32 Å². The summed E-state index contributed by atoms with van der Waals surface area (Å²) in [5, 5.41) is 2.55. The van der Waals surface area contributed by atoms with Crippen molar-refractivity contribution in [2.45, 2.75) is 44.2 Å². The van der Waals surface area contributed by atoms with Crippen molar-refractivity contribution in [1.82, 2.24) is 9.62 Å². The number of amides is 1. The van der Waals surface area contributed by atoms with Crippen LogP contribution in [-0.2, 0) is 30.9 Å². The maximum absolute atomic E-state index is 13.6. The molecule has 2 aromatic rings. The van der Waals surface area contributed by atoms with Crippen LogP contribution in [0.1, 0.15) is 29.5 Å². The van der Waals surface area contributed by atoms with Gasteiger partial charge in [-0.3, -0.25) is 9.59 Å². The number of halogens is 1. The number of ether oxygens (including phenoxy) is 1. The highest BCUT2D eigenvalue weighted by atomic mass is 32.2. The molecule has 1 aliphatic rings. The lowest BCUT2D eigenvalue weighted by Crippen LogP contribution is -2.42. The third-order valence-electron chi connectivity index (χ3n) is 5.17. The largest absolute Gasteiger partial charge is 0.454 e. The van der Waals surface area contributed by atoms with Gasteiger partial charge in [-0.25, -0.2) is 12.8 Å². The van der Waals surface area contributed by atoms with Crippen LogP contribution < -0.4 is 5.32 Å². The average Bonchev–Trinajstić information content (AvgIpc) is 3.24. The number of hydrogen-bond acceptors (Lipinski definition) is 5. The fraction of sp³-hybridized carbons (Fsp3) is 0.364. The highest BCUT2D eigenvalue weighted by Crippen LogP contribution is 2.27. The summed E-state index contributed by atoms with van der Waals surface area (Å²) in [5.74, 6) is -1.68. The third kappa shape index (κ3) is 5.48. The summed E-state index contributed by atoms with van der Waals surface area (Å²) < 4.78 is 45.6. The number of nitrogens with one attached hydrogen (secondary N) is 1. The van der Waals surface area contributed by atoms with Crippen LogP contribution in [0.3, 0.4) is 0 Å². The van der Waals surface area contributed by atoms with Crippen LogP contribution >= 0.6 is 0 Å². The Balaban J connectivity index is 1.56. The van der Waals surface area contributed by atoms with E-state index in [1.807, 2.05) is 6.92 Å². The molecule has 1 unspecified atom stereocenters. The lowest BCUT2D eigenvalue weighted by molar-refractivity contribution is -0.151. The van der Waals surface area contributed by atoms with E-state index < -0.39 is 34.5 Å². The Morgan fingerprint density at radius 3 is 2.55 bits per heavy atom. The molecule has 3 rings (SSSR count). The van der Waals surface area contributed by atoms with Gasteiger partial charge in [-0.15, -0.1) is 0 Å². The molecule has 1 heterocycles. The van der Waals surface area contributed by atoms with E-state index >= 15 is 0 Å². The highest BCUT2D eigenvalue weighted by Gasteiger charge is 2.40. The number of hydrogen-bond donors (Lipinski definition) is 1. The van der Waals surface area contributed by atoms with Crippen LogP contribution in [0.4, 0.5) is 4.39 Å². The number of rotatable bonds is 7. The summed E-state index contributed by atoms with van der Waals surface area (Å²) in [4.78, 5) is 24.6. The molecule has 166 valence electrons. The van der Waals surface area contributed by atoms with E-state index in [-0.39, 0.29) is 23.8 Å². The normalized spacial score (nSPS) is 16.8. The van der Waals surface area contributed by atoms with Gasteiger partial charge < -0.3 is 10.1 Å². The summed E-state index contributed by atoms with van der Waals surface area (Å²) in [6.07, 6.45) is 0.851. The maximum Gasteiger partial charge on any atom is 0.324 e. The Kier molecular flexibility index (Phi) is 7.07. The van der Waals surface area contributed by atoms with E-state index in [1.165, 1.54) is 18.2 Å². The van der Waals surface area contributed by atoms with Crippen molar-refractivity contribution in [3.05, 3.63) is 65.0 Å². The van der Waals surface area contributed by atoms with Crippen LogP contribution in [0.5, 0.6) is 0 Å². The second-order valence-corrected chi connectivity index (χ2v) is 9.45. The van der Waals surface area contributed by atoms with Gasteiger partial charge in [-0.1, -0.05) is 29.8 Å². The lowest BCUT2D eigenvalue weighted by Gasteiger charge is -2.22. The molecule has 1 amide bonds. The second kappa shape index (κ2) is 9.57. The van der Waals surface area contributed by atoms with Crippen molar-refractivity contribution in [3.8, 4) is 0 Å². The van der Waals surface area contributed by atoms with Gasteiger partial charge >= 0.3 is 5.97 Å². The molecular weight excluding hydrogens is 423 g/mol. The Labute approximate surface area is 181 Å². The first kappa shape index (κ1) is 22.9. The van der Waals surface area contributed by atoms with Crippen LogP contribution in [0.2, 0.25) is 0 Å². The minimum atomic E-state index is -3.85. The van der Waals surface area contributed by atoms with Crippen LogP contribution in [0.15, 0.2) is 47.4 Å². The van der Waals surface area contributed by atoms with E-state index in [9.17, 15) is 22.4 Å². The smallest absolute Gasteiger partial charge is 0.324 e. The molecule has 0 radical (unpaired) electrons. The second-order valence-electron chi connectivity index (χ2n) is 7.55. The van der Waals surface area contributed by atoms with Gasteiger partial charge in [0.2, 0.25) is 10.0 Å². The van der Waals surface area contributed by atoms with Gasteiger partial charge in [0, 0.05) is 13.1 Å². The van der Waals surface area contributed by atoms with Crippen molar-refractivity contribution in [3.63, 3.8) is 0 Å². The number of sulfonamides is 1. The summed E-state index contributed by atoms with van der Waals surface area (Å²) in [6.45, 7) is 3.25. The first-order valence-electron chi connectivity index (χ1n) is 9.95. The van der Waals surface area contributed by atoms with Crippen LogP contribution in [0, 0.1) is 19.7 Å². The SMILES string of the molecule is Cc1ccc(S(=O)(=O)N2CCCC2C(=O)OCC(=O)NCc2ccc(C)c(F)c2)cc1. The van der Waals surface area contributed by atoms with Crippen molar-refractivity contribution in [1.29, 1.82) is 0 Å². The topological polar surface area (TPSA) is 92.8 Å². The molecule has 1 saturated heterocycles. The fourth-order valence-corrected chi connectivity index (χ4v) is 4.99. The first-order valence-corrected chi connectivity index (χ1v) is 11.4. The van der Waals surface area contributed by atoms with E-state index in [0.717, 1.165) is 9.87 Å². The predicted molar refractivity (Wildman–Crippen MR) is 112 cm³/mol. The molecule has 0 bridgehead atoms. The number of nitrogens with zero attached hydrogens (tertiary/aromatic N) is 1. The Bertz CT molecular complexity index is 1070. The van der Waals surface area contributed by atoms with Gasteiger partial charge in [0.1, 0.15) is 11.9 Å². The molecule has 31 heavy (non-hydrogen) atoms. The zero-order valence-electron chi connectivity index (χ0n) is 17.4. The Hall–Kier alpha value is -2.78. The summed E-state index contributed by atoms with van der Waals surface area (Å²) in [5.41, 5.74) is 2.01. The van der Waals surface area contributed by atoms with Crippen molar-refractivity contribution in [2.75, 3.05) is 13.2 Å². The molecule has 9 heteroatoms. The number of carbonyl (C=O) groups is 2. The summed E-state index contributed by atoms with van der Waals surface area (Å²) in [6, 6.07) is 10.1. The minimum absolute atomic E-state index is 0.0882. The van der Waals surface area contributed by atoms with E-state index in [0.29, 0.717) is 24.0 Å². The molecule has 7 nitrogen and oxygen atoms in total. The molecular formula is C22H25FN2O5S. The van der Waals surface area contributed by atoms with Crippen LogP contribution in [-0.4, -0.2) is 43.8 Å². The predicted octanol–water partition coefficient (Wildman–Crippen LogP) is 2.46. The minimum Gasteiger partial charge on any atom is -0.454 e. The van der Waals surface area contributed by atoms with Gasteiger partial charge in [0.25, 0.3) is 5.91 Å². The molecule has 0 saturated carbocycles. The number of benzene rings is 2. The molecule has 0 spiro atoms. The zero-order valence-corrected chi connectivity index (χ0v) is 18.2. The molecule has 0 aromatic heterocycles. The first-order chi connectivity index (χ1) is 14.7. The molecule has 1 atom stereocenters. The monoisotopic (exact) mass is 448 g/mol. The molecule has 0 aliphatic carbocycles. The van der Waals surface area contributed by atoms with Gasteiger partial charge in [0.15, 0.2) is 6.61 Å². The van der Waals surface area contributed by atoms with Crippen LogP contribution in [0.25, 0.3) is 0 Å². The van der Waals surface area contributed by atoms with Gasteiger partial charge in [-0.2, -0.15) is 4.31 Å². The lowest BCUT2D eigenvalue weighted by atomic mass is 10.1. The third-order valence-corrected chi connectivity index (χ3v) is 7.10. The fourth-order valence-electron chi connectivity index (χ4n) is 3.34. The molecule has 1 N–H and O–H groups in total. The molecule has 1 aliphatic heterocycles. The van der Waals surface area contributed by atoms with Crippen molar-refractivity contribution in [2.24, 2.45) is 0 Å². The quantitative estimate of drug-likeness (QED) is 0.657. The summed E-state index contributed by atoms with van der Waals surface area (Å²) >= 11 is 0. The standard InChI is InChI=1S/C22H25FN2O5S/c1-15-5-9-18(10-6-15)31(28,29)25-11-3-4-20(25)22(27)30-14-21(26)24-13-17-8-7-16(2)19(23)12-17/h5-10,12,20H,3-4,11,13-14H2,1-2H3,(H,24,26). The zero-order chi connectivity index (χ0) is 22.6. The van der Waals surface area contributed by atoms with Crippen molar-refractivity contribution >= 4 is 21.9 Å². The number of aryl methyl sites for hydroxylation is 2. The highest BCUT2D eigenvalue weighted by molar-refractivity contribution is 7.89. The average molecular weight is 449 g/mol. The number of esters is 1. The van der Waals surface area contributed by atoms with Gasteiger partial charge in [-0.05, 0) is 56.0 Å². The Morgan fingerprint density at radius 1 is 1.16 bits per heavy atom.